The van der Waals surface area contributed by atoms with Crippen LogP contribution in [0.15, 0.2) is 11.6 Å². The van der Waals surface area contributed by atoms with Gasteiger partial charge >= 0.3 is 5.97 Å². The summed E-state index contributed by atoms with van der Waals surface area (Å²) in [6, 6.07) is 0. The zero-order valence-corrected chi connectivity index (χ0v) is 24.9. The first-order valence-electron chi connectivity index (χ1n) is 16.2. The molecule has 0 bridgehead atoms. The third-order valence-electron chi connectivity index (χ3n) is 12.8. The minimum absolute atomic E-state index is 0.0518. The van der Waals surface area contributed by atoms with E-state index >= 15 is 0 Å². The number of carbonyl (C=O) groups excluding carboxylic acids is 1. The summed E-state index contributed by atoms with van der Waals surface area (Å²) in [7, 11) is 0. The molecule has 0 N–H and O–H groups in total. The van der Waals surface area contributed by atoms with Gasteiger partial charge in [-0.3, -0.25) is 0 Å². The number of allylic oxidation sites excluding steroid dienone is 1. The van der Waals surface area contributed by atoms with Gasteiger partial charge in [0.05, 0.1) is 0 Å². The van der Waals surface area contributed by atoms with Crippen molar-refractivity contribution in [2.45, 2.75) is 137 Å². The number of hydrogen-bond acceptors (Lipinski definition) is 3. The number of esters is 1. The summed E-state index contributed by atoms with van der Waals surface area (Å²) in [5, 5.41) is 0. The van der Waals surface area contributed by atoms with E-state index in [-0.39, 0.29) is 18.2 Å². The van der Waals surface area contributed by atoms with Crippen LogP contribution in [0.2, 0.25) is 0 Å². The van der Waals surface area contributed by atoms with E-state index < -0.39 is 0 Å². The van der Waals surface area contributed by atoms with Gasteiger partial charge in [0.1, 0.15) is 6.10 Å². The van der Waals surface area contributed by atoms with Crippen LogP contribution >= 0.6 is 0 Å². The van der Waals surface area contributed by atoms with Crippen molar-refractivity contribution in [3.8, 4) is 0 Å². The molecule has 1 aliphatic heterocycles. The van der Waals surface area contributed by atoms with Gasteiger partial charge in [0.2, 0.25) is 0 Å². The molecule has 0 aromatic rings. The fourth-order valence-electron chi connectivity index (χ4n) is 10.4. The van der Waals surface area contributed by atoms with E-state index in [4.69, 9.17) is 9.47 Å². The monoisotopic (exact) mass is 512 g/mol. The highest BCUT2D eigenvalue weighted by Crippen LogP contribution is 2.67. The lowest BCUT2D eigenvalue weighted by Gasteiger charge is -2.58. The number of rotatable bonds is 8. The Hall–Kier alpha value is -0.830. The highest BCUT2D eigenvalue weighted by Gasteiger charge is 2.59. The molecule has 10 unspecified atom stereocenters. The molecule has 3 heteroatoms. The lowest BCUT2D eigenvalue weighted by atomic mass is 9.47. The van der Waals surface area contributed by atoms with Gasteiger partial charge in [-0.15, -0.1) is 0 Å². The van der Waals surface area contributed by atoms with Gasteiger partial charge in [0.25, 0.3) is 0 Å². The Morgan fingerprint density at radius 1 is 1.05 bits per heavy atom. The molecular formula is C34H56O3. The first-order chi connectivity index (χ1) is 17.7. The molecule has 0 amide bonds. The average Bonchev–Trinajstić information content (AvgIpc) is 3.52. The Morgan fingerprint density at radius 3 is 2.57 bits per heavy atom. The van der Waals surface area contributed by atoms with Crippen LogP contribution in [-0.4, -0.2) is 24.8 Å². The van der Waals surface area contributed by atoms with Crippen LogP contribution < -0.4 is 0 Å². The number of fused-ring (bicyclic) bond motifs is 5. The predicted octanol–water partition coefficient (Wildman–Crippen LogP) is 8.75. The van der Waals surface area contributed by atoms with Gasteiger partial charge in [0, 0.05) is 13.0 Å². The predicted molar refractivity (Wildman–Crippen MR) is 151 cm³/mol. The van der Waals surface area contributed by atoms with Gasteiger partial charge in [-0.25, -0.2) is 4.79 Å². The van der Waals surface area contributed by atoms with Crippen LogP contribution in [0.5, 0.6) is 0 Å². The Bertz CT molecular complexity index is 840. The SMILES string of the molecule is CCC(CCC(C)C1CCC2C3CC=C4CC(OC(=O)C5CCCO5)CCC4(C)C3CCC12C)C(C)C. The minimum atomic E-state index is -0.315. The minimum Gasteiger partial charge on any atom is -0.460 e. The first-order valence-corrected chi connectivity index (χ1v) is 16.2. The third-order valence-corrected chi connectivity index (χ3v) is 12.8. The van der Waals surface area contributed by atoms with Crippen molar-refractivity contribution in [1.29, 1.82) is 0 Å². The number of carbonyl (C=O) groups is 1. The quantitative estimate of drug-likeness (QED) is 0.241. The Kier molecular flexibility index (Phi) is 8.22. The normalized spacial score (nSPS) is 42.9. The van der Waals surface area contributed by atoms with Gasteiger partial charge in [0.15, 0.2) is 6.10 Å². The smallest absolute Gasteiger partial charge is 0.335 e. The second-order valence-corrected chi connectivity index (χ2v) is 14.8. The van der Waals surface area contributed by atoms with E-state index in [2.05, 4.69) is 47.6 Å². The molecule has 10 atom stereocenters. The van der Waals surface area contributed by atoms with Crippen molar-refractivity contribution < 1.29 is 14.3 Å². The summed E-state index contributed by atoms with van der Waals surface area (Å²) in [5.74, 6) is 5.94. The first kappa shape index (κ1) is 27.7. The van der Waals surface area contributed by atoms with Gasteiger partial charge in [-0.05, 0) is 116 Å². The molecule has 3 nitrogen and oxygen atoms in total. The molecule has 1 heterocycles. The standard InChI is InChI=1S/C34H56O3/c1-7-24(22(2)3)11-10-23(4)28-14-15-29-27-13-12-25-21-26(37-32(35)31-9-8-20-36-31)16-18-33(25,5)30(27)17-19-34(28,29)6/h12,22-24,26-31H,7-11,13-21H2,1-6H3. The third kappa shape index (κ3) is 5.09. The topological polar surface area (TPSA) is 35.5 Å². The number of hydrogen-bond donors (Lipinski definition) is 0. The van der Waals surface area contributed by atoms with E-state index in [9.17, 15) is 4.79 Å². The van der Waals surface area contributed by atoms with Crippen LogP contribution in [0.25, 0.3) is 0 Å². The fraction of sp³-hybridized carbons (Fsp3) is 0.912. The summed E-state index contributed by atoms with van der Waals surface area (Å²) in [4.78, 5) is 12.6. The van der Waals surface area contributed by atoms with Crippen LogP contribution in [0.4, 0.5) is 0 Å². The van der Waals surface area contributed by atoms with Gasteiger partial charge in [-0.1, -0.05) is 66.0 Å². The Morgan fingerprint density at radius 2 is 1.86 bits per heavy atom. The molecule has 4 aliphatic carbocycles. The molecule has 5 rings (SSSR count). The fourth-order valence-corrected chi connectivity index (χ4v) is 10.4. The van der Waals surface area contributed by atoms with Crippen LogP contribution in [0, 0.1) is 52.3 Å². The molecule has 5 aliphatic rings. The molecule has 0 aromatic carbocycles. The maximum atomic E-state index is 12.6. The largest absolute Gasteiger partial charge is 0.460 e. The summed E-state index contributed by atoms with van der Waals surface area (Å²) in [6.45, 7) is 15.8. The van der Waals surface area contributed by atoms with E-state index in [1.807, 2.05) is 0 Å². The highest BCUT2D eigenvalue weighted by atomic mass is 16.6. The molecule has 210 valence electrons. The summed E-state index contributed by atoms with van der Waals surface area (Å²) >= 11 is 0. The maximum absolute atomic E-state index is 12.6. The lowest BCUT2D eigenvalue weighted by Crippen LogP contribution is -2.51. The van der Waals surface area contributed by atoms with Crippen molar-refractivity contribution >= 4 is 5.97 Å². The van der Waals surface area contributed by atoms with Crippen molar-refractivity contribution in [3.05, 3.63) is 11.6 Å². The van der Waals surface area contributed by atoms with Crippen LogP contribution in [0.1, 0.15) is 125 Å². The summed E-state index contributed by atoms with van der Waals surface area (Å²) in [6.07, 6.45) is 18.5. The molecule has 0 spiro atoms. The zero-order valence-electron chi connectivity index (χ0n) is 24.9. The van der Waals surface area contributed by atoms with Crippen LogP contribution in [0.3, 0.4) is 0 Å². The zero-order chi connectivity index (χ0) is 26.4. The highest BCUT2D eigenvalue weighted by molar-refractivity contribution is 5.75. The summed E-state index contributed by atoms with van der Waals surface area (Å²) in [5.41, 5.74) is 2.46. The Labute approximate surface area is 227 Å². The van der Waals surface area contributed by atoms with E-state index in [1.54, 1.807) is 5.57 Å². The molecular weight excluding hydrogens is 456 g/mol. The van der Waals surface area contributed by atoms with E-state index in [1.165, 1.54) is 57.8 Å². The summed E-state index contributed by atoms with van der Waals surface area (Å²) < 4.78 is 11.6. The van der Waals surface area contributed by atoms with Gasteiger partial charge < -0.3 is 9.47 Å². The lowest BCUT2D eigenvalue weighted by molar-refractivity contribution is -0.162. The van der Waals surface area contributed by atoms with Crippen molar-refractivity contribution in [3.63, 3.8) is 0 Å². The Balaban J connectivity index is 1.23. The number of ether oxygens (including phenoxy) is 2. The molecule has 3 saturated carbocycles. The van der Waals surface area contributed by atoms with Crippen molar-refractivity contribution in [2.24, 2.45) is 52.3 Å². The van der Waals surface area contributed by atoms with Crippen LogP contribution in [-0.2, 0) is 14.3 Å². The van der Waals surface area contributed by atoms with E-state index in [0.29, 0.717) is 17.4 Å². The van der Waals surface area contributed by atoms with E-state index in [0.717, 1.165) is 67.1 Å². The van der Waals surface area contributed by atoms with Gasteiger partial charge in [-0.2, -0.15) is 0 Å². The molecule has 1 saturated heterocycles. The molecule has 0 radical (unpaired) electrons. The molecule has 0 aromatic heterocycles. The average molecular weight is 513 g/mol. The van der Waals surface area contributed by atoms with Crippen molar-refractivity contribution in [2.75, 3.05) is 6.61 Å². The maximum Gasteiger partial charge on any atom is 0.335 e. The molecule has 37 heavy (non-hydrogen) atoms. The second-order valence-electron chi connectivity index (χ2n) is 14.8. The van der Waals surface area contributed by atoms with Crippen molar-refractivity contribution in [1.82, 2.24) is 0 Å². The second kappa shape index (κ2) is 11.0. The molecule has 4 fully saturated rings.